The molecule has 1 aliphatic heterocycles. The van der Waals surface area contributed by atoms with Gasteiger partial charge in [-0.3, -0.25) is 9.59 Å². The van der Waals surface area contributed by atoms with E-state index in [4.69, 9.17) is 4.74 Å². The van der Waals surface area contributed by atoms with Crippen LogP contribution in [0.15, 0.2) is 0 Å². The van der Waals surface area contributed by atoms with Gasteiger partial charge in [0.05, 0.1) is 12.4 Å². The summed E-state index contributed by atoms with van der Waals surface area (Å²) in [5, 5.41) is 9.38. The Morgan fingerprint density at radius 3 is 2.60 bits per heavy atom. The Hall–Kier alpha value is -0.790. The lowest BCUT2D eigenvalue weighted by Crippen LogP contribution is -2.34. The molecule has 2 amide bonds. The smallest absolute Gasteiger partial charge is 0.230 e. The minimum absolute atomic E-state index is 0.0122. The monoisotopic (exact) mass is 303 g/mol. The maximum atomic E-state index is 11.6. The first-order valence-electron chi connectivity index (χ1n) is 7.07. The van der Waals surface area contributed by atoms with Crippen molar-refractivity contribution in [2.45, 2.75) is 24.5 Å². The molecule has 0 aromatic rings. The second-order valence-electron chi connectivity index (χ2n) is 4.70. The molecule has 1 aliphatic rings. The molecular weight excluding hydrogens is 278 g/mol. The van der Waals surface area contributed by atoms with Crippen LogP contribution in [0.4, 0.5) is 0 Å². The topological polar surface area (TPSA) is 79.5 Å². The Labute approximate surface area is 124 Å². The summed E-state index contributed by atoms with van der Waals surface area (Å²) in [6.45, 7) is 3.49. The lowest BCUT2D eigenvalue weighted by atomic mass is 10.2. The Balaban J connectivity index is 1.97. The number of hydrogen-bond acceptors (Lipinski definition) is 5. The van der Waals surface area contributed by atoms with E-state index in [9.17, 15) is 9.59 Å². The zero-order valence-corrected chi connectivity index (χ0v) is 12.9. The van der Waals surface area contributed by atoms with Gasteiger partial charge in [-0.2, -0.15) is 0 Å². The molecule has 6 nitrogen and oxygen atoms in total. The number of carbonyl (C=O) groups excluding carboxylic acids is 2. The van der Waals surface area contributed by atoms with Crippen LogP contribution in [0.5, 0.6) is 0 Å². The Bertz CT molecular complexity index is 297. The number of ether oxygens (including phenoxy) is 1. The average Bonchev–Trinajstić information content (AvgIpc) is 2.46. The van der Waals surface area contributed by atoms with E-state index in [0.29, 0.717) is 37.1 Å². The van der Waals surface area contributed by atoms with Crippen LogP contribution in [0.25, 0.3) is 0 Å². The zero-order valence-electron chi connectivity index (χ0n) is 12.1. The van der Waals surface area contributed by atoms with Gasteiger partial charge >= 0.3 is 0 Å². The summed E-state index contributed by atoms with van der Waals surface area (Å²) in [7, 11) is 1.59. The molecule has 116 valence electrons. The van der Waals surface area contributed by atoms with Crippen molar-refractivity contribution in [3.8, 4) is 0 Å². The van der Waals surface area contributed by atoms with Crippen molar-refractivity contribution >= 4 is 23.6 Å². The summed E-state index contributed by atoms with van der Waals surface area (Å²) in [6, 6.07) is 0. The highest BCUT2D eigenvalue weighted by Gasteiger charge is 2.14. The van der Waals surface area contributed by atoms with Gasteiger partial charge < -0.3 is 20.7 Å². The molecule has 0 unspecified atom stereocenters. The van der Waals surface area contributed by atoms with Gasteiger partial charge in [-0.1, -0.05) is 0 Å². The summed E-state index contributed by atoms with van der Waals surface area (Å²) >= 11 is 1.71. The van der Waals surface area contributed by atoms with Crippen molar-refractivity contribution in [1.82, 2.24) is 16.0 Å². The van der Waals surface area contributed by atoms with Crippen LogP contribution in [0, 0.1) is 0 Å². The fourth-order valence-corrected chi connectivity index (χ4v) is 2.96. The molecule has 0 atom stereocenters. The molecule has 7 heteroatoms. The summed E-state index contributed by atoms with van der Waals surface area (Å²) in [6.07, 6.45) is 2.56. The van der Waals surface area contributed by atoms with Crippen molar-refractivity contribution in [2.75, 3.05) is 45.6 Å². The maximum Gasteiger partial charge on any atom is 0.230 e. The maximum absolute atomic E-state index is 11.6. The van der Waals surface area contributed by atoms with Gasteiger partial charge in [0, 0.05) is 31.9 Å². The lowest BCUT2D eigenvalue weighted by Gasteiger charge is -2.21. The number of methoxy groups -OCH3 is 1. The van der Waals surface area contributed by atoms with Gasteiger partial charge in [0.25, 0.3) is 0 Å². The predicted octanol–water partition coefficient (Wildman–Crippen LogP) is -0.259. The van der Waals surface area contributed by atoms with Gasteiger partial charge in [-0.25, -0.2) is 0 Å². The SMILES string of the molecule is COCCNC(=O)CCNC(=O)CSC1CCNCC1. The van der Waals surface area contributed by atoms with Crippen molar-refractivity contribution in [2.24, 2.45) is 0 Å². The molecule has 20 heavy (non-hydrogen) atoms. The summed E-state index contributed by atoms with van der Waals surface area (Å²) in [5.41, 5.74) is 0. The van der Waals surface area contributed by atoms with Crippen LogP contribution in [0.2, 0.25) is 0 Å². The summed E-state index contributed by atoms with van der Waals surface area (Å²) in [5.74, 6) is 0.433. The minimum Gasteiger partial charge on any atom is -0.383 e. The summed E-state index contributed by atoms with van der Waals surface area (Å²) in [4.78, 5) is 23.0. The third kappa shape index (κ3) is 8.39. The molecule has 1 rings (SSSR count). The molecule has 0 bridgehead atoms. The van der Waals surface area contributed by atoms with Crippen molar-refractivity contribution in [3.63, 3.8) is 0 Å². The second-order valence-corrected chi connectivity index (χ2v) is 5.99. The number of piperidine rings is 1. The number of nitrogens with one attached hydrogen (secondary N) is 3. The fraction of sp³-hybridized carbons (Fsp3) is 0.846. The normalized spacial score (nSPS) is 15.8. The van der Waals surface area contributed by atoms with Crippen LogP contribution < -0.4 is 16.0 Å². The molecule has 0 aromatic heterocycles. The van der Waals surface area contributed by atoms with E-state index in [-0.39, 0.29) is 11.8 Å². The van der Waals surface area contributed by atoms with Crippen LogP contribution in [0.3, 0.4) is 0 Å². The summed E-state index contributed by atoms with van der Waals surface area (Å²) < 4.78 is 4.83. The lowest BCUT2D eigenvalue weighted by molar-refractivity contribution is -0.121. The molecule has 1 heterocycles. The van der Waals surface area contributed by atoms with Gasteiger partial charge in [0.15, 0.2) is 0 Å². The second kappa shape index (κ2) is 10.9. The first-order chi connectivity index (χ1) is 9.72. The highest BCUT2D eigenvalue weighted by molar-refractivity contribution is 8.00. The zero-order chi connectivity index (χ0) is 14.6. The van der Waals surface area contributed by atoms with E-state index in [1.807, 2.05) is 0 Å². The van der Waals surface area contributed by atoms with Crippen molar-refractivity contribution < 1.29 is 14.3 Å². The van der Waals surface area contributed by atoms with Gasteiger partial charge in [0.2, 0.25) is 11.8 Å². The molecule has 1 saturated heterocycles. The molecule has 0 aromatic carbocycles. The number of amides is 2. The third-order valence-corrected chi connectivity index (χ3v) is 4.41. The van der Waals surface area contributed by atoms with Gasteiger partial charge in [0.1, 0.15) is 0 Å². The Morgan fingerprint density at radius 1 is 1.20 bits per heavy atom. The molecule has 3 N–H and O–H groups in total. The molecule has 0 spiro atoms. The fourth-order valence-electron chi connectivity index (χ4n) is 1.90. The molecule has 1 fully saturated rings. The van der Waals surface area contributed by atoms with Gasteiger partial charge in [-0.15, -0.1) is 11.8 Å². The number of hydrogen-bond donors (Lipinski definition) is 3. The van der Waals surface area contributed by atoms with Crippen LogP contribution in [0.1, 0.15) is 19.3 Å². The number of rotatable bonds is 9. The minimum atomic E-state index is -0.0617. The Kier molecular flexibility index (Phi) is 9.44. The predicted molar refractivity (Wildman–Crippen MR) is 80.9 cm³/mol. The first-order valence-corrected chi connectivity index (χ1v) is 8.12. The largest absolute Gasteiger partial charge is 0.383 e. The van der Waals surface area contributed by atoms with E-state index in [0.717, 1.165) is 25.9 Å². The Morgan fingerprint density at radius 2 is 1.90 bits per heavy atom. The van der Waals surface area contributed by atoms with Crippen LogP contribution in [-0.4, -0.2) is 62.7 Å². The third-order valence-electron chi connectivity index (χ3n) is 3.04. The van der Waals surface area contributed by atoms with E-state index < -0.39 is 0 Å². The van der Waals surface area contributed by atoms with Crippen molar-refractivity contribution in [3.05, 3.63) is 0 Å². The molecule has 0 radical (unpaired) electrons. The highest BCUT2D eigenvalue weighted by Crippen LogP contribution is 2.19. The van der Waals surface area contributed by atoms with E-state index in [1.54, 1.807) is 18.9 Å². The first kappa shape index (κ1) is 17.3. The average molecular weight is 303 g/mol. The van der Waals surface area contributed by atoms with E-state index in [1.165, 1.54) is 0 Å². The molecular formula is C13H25N3O3S. The van der Waals surface area contributed by atoms with Gasteiger partial charge in [-0.05, 0) is 25.9 Å². The number of carbonyl (C=O) groups is 2. The number of thioether (sulfide) groups is 1. The molecule has 0 aliphatic carbocycles. The van der Waals surface area contributed by atoms with Crippen molar-refractivity contribution in [1.29, 1.82) is 0 Å². The van der Waals surface area contributed by atoms with E-state index >= 15 is 0 Å². The molecule has 0 saturated carbocycles. The van der Waals surface area contributed by atoms with E-state index in [2.05, 4.69) is 16.0 Å². The standard InChI is InChI=1S/C13H25N3O3S/c1-19-9-8-16-12(17)4-7-15-13(18)10-20-11-2-5-14-6-3-11/h11,14H,2-10H2,1H3,(H,15,18)(H,16,17). The highest BCUT2D eigenvalue weighted by atomic mass is 32.2. The van der Waals surface area contributed by atoms with Crippen LogP contribution in [-0.2, 0) is 14.3 Å². The quantitative estimate of drug-likeness (QED) is 0.512. The van der Waals surface area contributed by atoms with Crippen LogP contribution >= 0.6 is 11.8 Å².